The Kier molecular flexibility index (Phi) is 9.23. The number of carbonyl (C=O) groups excluding carboxylic acids is 1. The lowest BCUT2D eigenvalue weighted by Gasteiger charge is -2.21. The molecule has 198 valence electrons. The third kappa shape index (κ3) is 7.29. The summed E-state index contributed by atoms with van der Waals surface area (Å²) in [4.78, 5) is 19.2. The fourth-order valence-electron chi connectivity index (χ4n) is 4.06. The fourth-order valence-corrected chi connectivity index (χ4v) is 4.06. The maximum Gasteiger partial charge on any atom is 0.298 e. The van der Waals surface area contributed by atoms with Crippen molar-refractivity contribution in [2.24, 2.45) is 0 Å². The van der Waals surface area contributed by atoms with Gasteiger partial charge in [0.15, 0.2) is 0 Å². The molecule has 0 atom stereocenters. The van der Waals surface area contributed by atoms with Crippen molar-refractivity contribution >= 4 is 11.9 Å². The summed E-state index contributed by atoms with van der Waals surface area (Å²) in [5.74, 6) is 2.25. The predicted octanol–water partition coefficient (Wildman–Crippen LogP) is 5.27. The van der Waals surface area contributed by atoms with Crippen LogP contribution in [0.5, 0.6) is 17.2 Å². The molecular weight excluding hydrogens is 482 g/mol. The van der Waals surface area contributed by atoms with Gasteiger partial charge in [-0.2, -0.15) is 0 Å². The summed E-state index contributed by atoms with van der Waals surface area (Å²) >= 11 is 0. The monoisotopic (exact) mass is 515 g/mol. The second-order valence-corrected chi connectivity index (χ2v) is 8.77. The molecule has 1 heterocycles. The van der Waals surface area contributed by atoms with E-state index in [4.69, 9.17) is 18.6 Å². The van der Waals surface area contributed by atoms with Gasteiger partial charge in [-0.3, -0.25) is 4.79 Å². The van der Waals surface area contributed by atoms with Crippen LogP contribution in [0.4, 0.5) is 6.01 Å². The van der Waals surface area contributed by atoms with E-state index in [-0.39, 0.29) is 11.7 Å². The van der Waals surface area contributed by atoms with E-state index in [2.05, 4.69) is 10.3 Å². The van der Waals surface area contributed by atoms with Gasteiger partial charge in [0, 0.05) is 19.6 Å². The molecule has 0 aliphatic rings. The summed E-state index contributed by atoms with van der Waals surface area (Å²) in [6.07, 6.45) is 3.12. The molecule has 0 aliphatic heterocycles. The van der Waals surface area contributed by atoms with Crippen LogP contribution in [-0.4, -0.2) is 38.8 Å². The number of methoxy groups -OCH3 is 3. The van der Waals surface area contributed by atoms with Crippen LogP contribution in [0.25, 0.3) is 0 Å². The van der Waals surface area contributed by atoms with Gasteiger partial charge in [-0.25, -0.2) is 4.98 Å². The Balaban J connectivity index is 1.41. The van der Waals surface area contributed by atoms with E-state index in [1.807, 2.05) is 77.7 Å². The Labute approximate surface area is 223 Å². The first kappa shape index (κ1) is 26.6. The Bertz CT molecular complexity index is 1270. The van der Waals surface area contributed by atoms with Crippen LogP contribution < -0.4 is 24.4 Å². The van der Waals surface area contributed by atoms with Crippen molar-refractivity contribution in [1.29, 1.82) is 0 Å². The van der Waals surface area contributed by atoms with Crippen molar-refractivity contribution in [2.45, 2.75) is 25.9 Å². The molecule has 0 radical (unpaired) electrons. The molecule has 4 aromatic rings. The van der Waals surface area contributed by atoms with Crippen molar-refractivity contribution in [3.05, 3.63) is 101 Å². The second kappa shape index (κ2) is 13.2. The number of oxazole rings is 1. The number of nitrogens with one attached hydrogen (secondary N) is 1. The molecule has 1 amide bonds. The number of carbonyl (C=O) groups is 1. The summed E-state index contributed by atoms with van der Waals surface area (Å²) in [6, 6.07) is 24.0. The molecule has 0 unspecified atom stereocenters. The first-order chi connectivity index (χ1) is 18.6. The van der Waals surface area contributed by atoms with E-state index in [1.54, 1.807) is 21.3 Å². The maximum atomic E-state index is 12.7. The number of aromatic nitrogens is 1. The van der Waals surface area contributed by atoms with Crippen molar-refractivity contribution in [3.63, 3.8) is 0 Å². The highest BCUT2D eigenvalue weighted by molar-refractivity contribution is 5.91. The minimum Gasteiger partial charge on any atom is -0.497 e. The first-order valence-corrected chi connectivity index (χ1v) is 12.5. The molecule has 0 spiro atoms. The molecule has 38 heavy (non-hydrogen) atoms. The average molecular weight is 516 g/mol. The van der Waals surface area contributed by atoms with E-state index in [9.17, 15) is 4.79 Å². The third-order valence-corrected chi connectivity index (χ3v) is 6.09. The highest BCUT2D eigenvalue weighted by atomic mass is 16.5. The summed E-state index contributed by atoms with van der Waals surface area (Å²) < 4.78 is 21.9. The van der Waals surface area contributed by atoms with Gasteiger partial charge in [0.1, 0.15) is 17.2 Å². The van der Waals surface area contributed by atoms with Crippen LogP contribution in [-0.2, 0) is 19.5 Å². The summed E-state index contributed by atoms with van der Waals surface area (Å²) in [5.41, 5.74) is 3.23. The lowest BCUT2D eigenvalue weighted by atomic mass is 10.1. The lowest BCUT2D eigenvalue weighted by Crippen LogP contribution is -2.24. The van der Waals surface area contributed by atoms with Crippen molar-refractivity contribution in [2.75, 3.05) is 32.8 Å². The van der Waals surface area contributed by atoms with Gasteiger partial charge in [0.05, 0.1) is 27.5 Å². The largest absolute Gasteiger partial charge is 0.497 e. The van der Waals surface area contributed by atoms with Gasteiger partial charge in [-0.05, 0) is 65.9 Å². The molecule has 0 saturated carbocycles. The molecule has 1 N–H and O–H groups in total. The van der Waals surface area contributed by atoms with Crippen molar-refractivity contribution in [3.8, 4) is 17.2 Å². The fraction of sp³-hybridized carbons (Fsp3) is 0.267. The topological polar surface area (TPSA) is 86.1 Å². The predicted molar refractivity (Wildman–Crippen MR) is 146 cm³/mol. The maximum absolute atomic E-state index is 12.7. The number of rotatable bonds is 13. The van der Waals surface area contributed by atoms with Crippen LogP contribution in [0.3, 0.4) is 0 Å². The number of aryl methyl sites for hydroxylation is 1. The average Bonchev–Trinajstić information content (AvgIpc) is 3.46. The SMILES string of the molecule is COc1ccc(CCCNC(=O)c2cnc(N(Cc3cccc(OC)c3)Cc3cccc(OC)c3)o2)cc1. The highest BCUT2D eigenvalue weighted by Gasteiger charge is 2.18. The number of anilines is 1. The normalized spacial score (nSPS) is 10.6. The van der Waals surface area contributed by atoms with Gasteiger partial charge in [0.25, 0.3) is 11.9 Å². The molecule has 0 saturated heterocycles. The Hall–Kier alpha value is -4.46. The van der Waals surface area contributed by atoms with Gasteiger partial charge < -0.3 is 28.8 Å². The second-order valence-electron chi connectivity index (χ2n) is 8.77. The summed E-state index contributed by atoms with van der Waals surface area (Å²) in [5, 5.41) is 2.92. The van der Waals surface area contributed by atoms with Gasteiger partial charge in [-0.15, -0.1) is 0 Å². The number of hydrogen-bond acceptors (Lipinski definition) is 7. The molecule has 8 heteroatoms. The number of nitrogens with zero attached hydrogens (tertiary/aromatic N) is 2. The van der Waals surface area contributed by atoms with E-state index in [0.29, 0.717) is 25.6 Å². The molecule has 3 aromatic carbocycles. The summed E-state index contributed by atoms with van der Waals surface area (Å²) in [7, 11) is 4.93. The Morgan fingerprint density at radius 1 is 0.816 bits per heavy atom. The number of hydrogen-bond donors (Lipinski definition) is 1. The van der Waals surface area contributed by atoms with Gasteiger partial charge in [-0.1, -0.05) is 36.4 Å². The van der Waals surface area contributed by atoms with Crippen LogP contribution in [0.1, 0.15) is 33.7 Å². The van der Waals surface area contributed by atoms with E-state index < -0.39 is 0 Å². The first-order valence-electron chi connectivity index (χ1n) is 12.5. The van der Waals surface area contributed by atoms with Gasteiger partial charge >= 0.3 is 0 Å². The zero-order chi connectivity index (χ0) is 26.7. The van der Waals surface area contributed by atoms with E-state index in [1.165, 1.54) is 11.8 Å². The van der Waals surface area contributed by atoms with Crippen LogP contribution in [0.15, 0.2) is 83.4 Å². The quantitative estimate of drug-likeness (QED) is 0.243. The standard InChI is InChI=1S/C30H33N3O5/c1-35-25-14-12-22(13-15-25)9-6-16-31-29(34)28-19-32-30(38-28)33(20-23-7-4-10-26(17-23)36-2)21-24-8-5-11-27(18-24)37-3/h4-5,7-8,10-15,17-19H,6,9,16,20-21H2,1-3H3,(H,31,34). The molecule has 4 rings (SSSR count). The lowest BCUT2D eigenvalue weighted by molar-refractivity contribution is 0.0926. The highest BCUT2D eigenvalue weighted by Crippen LogP contribution is 2.23. The molecule has 8 nitrogen and oxygen atoms in total. The van der Waals surface area contributed by atoms with Crippen LogP contribution in [0.2, 0.25) is 0 Å². The third-order valence-electron chi connectivity index (χ3n) is 6.09. The number of benzene rings is 3. The zero-order valence-electron chi connectivity index (χ0n) is 22.0. The molecule has 0 bridgehead atoms. The summed E-state index contributed by atoms with van der Waals surface area (Å²) in [6.45, 7) is 1.55. The Morgan fingerprint density at radius 3 is 2.00 bits per heavy atom. The minimum absolute atomic E-state index is 0.172. The zero-order valence-corrected chi connectivity index (χ0v) is 22.0. The Morgan fingerprint density at radius 2 is 1.42 bits per heavy atom. The number of amides is 1. The smallest absolute Gasteiger partial charge is 0.298 e. The minimum atomic E-state index is -0.291. The van der Waals surface area contributed by atoms with Crippen LogP contribution >= 0.6 is 0 Å². The van der Waals surface area contributed by atoms with Gasteiger partial charge in [0.2, 0.25) is 5.76 Å². The molecule has 1 aromatic heterocycles. The van der Waals surface area contributed by atoms with E-state index >= 15 is 0 Å². The molecular formula is C30H33N3O5. The number of ether oxygens (including phenoxy) is 3. The van der Waals surface area contributed by atoms with Crippen molar-refractivity contribution < 1.29 is 23.4 Å². The van der Waals surface area contributed by atoms with Crippen LogP contribution in [0, 0.1) is 0 Å². The van der Waals surface area contributed by atoms with E-state index in [0.717, 1.165) is 41.2 Å². The van der Waals surface area contributed by atoms with Crippen molar-refractivity contribution in [1.82, 2.24) is 10.3 Å². The molecule has 0 fully saturated rings. The molecule has 0 aliphatic carbocycles.